The molecule has 2 rings (SSSR count). The molecular formula is C15H17FN2O. The molecule has 100 valence electrons. The lowest BCUT2D eigenvalue weighted by atomic mass is 10.2. The van der Waals surface area contributed by atoms with Crippen molar-refractivity contribution in [1.82, 2.24) is 0 Å². The van der Waals surface area contributed by atoms with Crippen LogP contribution >= 0.6 is 0 Å². The van der Waals surface area contributed by atoms with Crippen LogP contribution in [0.5, 0.6) is 5.75 Å². The summed E-state index contributed by atoms with van der Waals surface area (Å²) >= 11 is 0. The Hall–Kier alpha value is -2.23. The minimum atomic E-state index is -0.351. The molecule has 0 amide bonds. The zero-order valence-corrected chi connectivity index (χ0v) is 11.0. The number of phenols is 1. The van der Waals surface area contributed by atoms with Crippen molar-refractivity contribution in [3.63, 3.8) is 0 Å². The average molecular weight is 260 g/mol. The van der Waals surface area contributed by atoms with Crippen molar-refractivity contribution in [1.29, 1.82) is 0 Å². The van der Waals surface area contributed by atoms with Gasteiger partial charge >= 0.3 is 0 Å². The van der Waals surface area contributed by atoms with E-state index in [4.69, 9.17) is 0 Å². The molecule has 0 radical (unpaired) electrons. The third-order valence-corrected chi connectivity index (χ3v) is 2.90. The van der Waals surface area contributed by atoms with Gasteiger partial charge in [-0.1, -0.05) is 12.1 Å². The summed E-state index contributed by atoms with van der Waals surface area (Å²) in [4.78, 5) is 1.99. The normalized spacial score (nSPS) is 10.3. The number of para-hydroxylation sites is 2. The van der Waals surface area contributed by atoms with Gasteiger partial charge in [0.25, 0.3) is 0 Å². The molecule has 3 nitrogen and oxygen atoms in total. The van der Waals surface area contributed by atoms with Gasteiger partial charge in [-0.25, -0.2) is 4.39 Å². The number of phenolic OH excluding ortho intramolecular Hbond substituents is 1. The first-order chi connectivity index (χ1) is 9.08. The fraction of sp³-hybridized carbons (Fsp3) is 0.200. The summed E-state index contributed by atoms with van der Waals surface area (Å²) in [6.45, 7) is 0.369. The van der Waals surface area contributed by atoms with Crippen LogP contribution in [0.1, 0.15) is 5.56 Å². The predicted octanol–water partition coefficient (Wildman–Crippen LogP) is 3.21. The molecule has 2 aromatic carbocycles. The molecule has 0 fully saturated rings. The van der Waals surface area contributed by atoms with Crippen LogP contribution in [0.25, 0.3) is 0 Å². The molecule has 0 heterocycles. The van der Waals surface area contributed by atoms with Crippen molar-refractivity contribution in [2.24, 2.45) is 0 Å². The van der Waals surface area contributed by atoms with Gasteiger partial charge in [-0.2, -0.15) is 0 Å². The lowest BCUT2D eigenvalue weighted by Gasteiger charge is -2.18. The SMILES string of the molecule is CN(C)c1ccccc1NCc1cc(F)ccc1O. The van der Waals surface area contributed by atoms with Crippen LogP contribution in [-0.2, 0) is 6.54 Å². The van der Waals surface area contributed by atoms with Gasteiger partial charge in [-0.15, -0.1) is 0 Å². The van der Waals surface area contributed by atoms with Crippen LogP contribution in [-0.4, -0.2) is 19.2 Å². The van der Waals surface area contributed by atoms with Gasteiger partial charge in [0, 0.05) is 26.2 Å². The molecule has 4 heteroatoms. The van der Waals surface area contributed by atoms with Gasteiger partial charge in [0.15, 0.2) is 0 Å². The Balaban J connectivity index is 2.17. The van der Waals surface area contributed by atoms with Gasteiger partial charge in [-0.3, -0.25) is 0 Å². The van der Waals surface area contributed by atoms with Crippen LogP contribution in [0.4, 0.5) is 15.8 Å². The van der Waals surface area contributed by atoms with E-state index in [2.05, 4.69) is 5.32 Å². The molecule has 0 aromatic heterocycles. The Bertz CT molecular complexity index is 570. The highest BCUT2D eigenvalue weighted by Crippen LogP contribution is 2.25. The lowest BCUT2D eigenvalue weighted by molar-refractivity contribution is 0.466. The number of halogens is 1. The molecule has 0 spiro atoms. The monoisotopic (exact) mass is 260 g/mol. The second kappa shape index (κ2) is 5.61. The number of nitrogens with one attached hydrogen (secondary N) is 1. The largest absolute Gasteiger partial charge is 0.508 e. The van der Waals surface area contributed by atoms with Crippen molar-refractivity contribution in [3.8, 4) is 5.75 Å². The summed E-state index contributed by atoms with van der Waals surface area (Å²) in [6.07, 6.45) is 0. The third kappa shape index (κ3) is 3.16. The van der Waals surface area contributed by atoms with Gasteiger partial charge in [0.05, 0.1) is 11.4 Å². The van der Waals surface area contributed by atoms with Crippen molar-refractivity contribution >= 4 is 11.4 Å². The maximum absolute atomic E-state index is 13.1. The van der Waals surface area contributed by atoms with E-state index in [9.17, 15) is 9.50 Å². The first-order valence-corrected chi connectivity index (χ1v) is 6.05. The molecule has 19 heavy (non-hydrogen) atoms. The highest BCUT2D eigenvalue weighted by Gasteiger charge is 2.06. The van der Waals surface area contributed by atoms with E-state index in [0.717, 1.165) is 11.4 Å². The van der Waals surface area contributed by atoms with Crippen LogP contribution in [0, 0.1) is 5.82 Å². The molecule has 2 aromatic rings. The fourth-order valence-corrected chi connectivity index (χ4v) is 1.90. The van der Waals surface area contributed by atoms with E-state index < -0.39 is 0 Å². The Labute approximate surface area is 112 Å². The van der Waals surface area contributed by atoms with E-state index in [0.29, 0.717) is 12.1 Å². The first-order valence-electron chi connectivity index (χ1n) is 6.05. The molecule has 0 saturated heterocycles. The molecule has 0 bridgehead atoms. The maximum Gasteiger partial charge on any atom is 0.123 e. The van der Waals surface area contributed by atoms with Gasteiger partial charge < -0.3 is 15.3 Å². The molecule has 0 atom stereocenters. The van der Waals surface area contributed by atoms with Gasteiger partial charge in [0.1, 0.15) is 11.6 Å². The molecule has 0 saturated carbocycles. The highest BCUT2D eigenvalue weighted by atomic mass is 19.1. The van der Waals surface area contributed by atoms with E-state index in [1.807, 2.05) is 43.3 Å². The average Bonchev–Trinajstić information content (AvgIpc) is 2.40. The zero-order valence-electron chi connectivity index (χ0n) is 11.0. The van der Waals surface area contributed by atoms with E-state index in [1.165, 1.54) is 18.2 Å². The van der Waals surface area contributed by atoms with Crippen LogP contribution in [0.2, 0.25) is 0 Å². The van der Waals surface area contributed by atoms with E-state index in [1.54, 1.807) is 0 Å². The molecule has 0 aliphatic carbocycles. The Morgan fingerprint density at radius 2 is 1.89 bits per heavy atom. The zero-order chi connectivity index (χ0) is 13.8. The maximum atomic E-state index is 13.1. The fourth-order valence-electron chi connectivity index (χ4n) is 1.90. The second-order valence-electron chi connectivity index (χ2n) is 4.54. The first kappa shape index (κ1) is 13.2. The van der Waals surface area contributed by atoms with Gasteiger partial charge in [-0.05, 0) is 30.3 Å². The Morgan fingerprint density at radius 3 is 2.63 bits per heavy atom. The van der Waals surface area contributed by atoms with Crippen LogP contribution < -0.4 is 10.2 Å². The van der Waals surface area contributed by atoms with E-state index in [-0.39, 0.29) is 11.6 Å². The molecule has 0 aliphatic rings. The van der Waals surface area contributed by atoms with Gasteiger partial charge in [0.2, 0.25) is 0 Å². The quantitative estimate of drug-likeness (QED) is 0.886. The van der Waals surface area contributed by atoms with Crippen LogP contribution in [0.15, 0.2) is 42.5 Å². The lowest BCUT2D eigenvalue weighted by Crippen LogP contribution is -2.12. The number of hydrogen-bond donors (Lipinski definition) is 2. The standard InChI is InChI=1S/C15H17FN2O/c1-18(2)14-6-4-3-5-13(14)17-10-11-9-12(16)7-8-15(11)19/h3-9,17,19H,10H2,1-2H3. The summed E-state index contributed by atoms with van der Waals surface area (Å²) < 4.78 is 13.1. The van der Waals surface area contributed by atoms with Crippen LogP contribution in [0.3, 0.4) is 0 Å². The summed E-state index contributed by atoms with van der Waals surface area (Å²) in [5, 5.41) is 12.9. The van der Waals surface area contributed by atoms with Crippen molar-refractivity contribution < 1.29 is 9.50 Å². The summed E-state index contributed by atoms with van der Waals surface area (Å²) in [5.74, 6) is -0.258. The summed E-state index contributed by atoms with van der Waals surface area (Å²) in [6, 6.07) is 11.8. The van der Waals surface area contributed by atoms with Crippen molar-refractivity contribution in [3.05, 3.63) is 53.8 Å². The Morgan fingerprint density at radius 1 is 1.16 bits per heavy atom. The number of benzene rings is 2. The van der Waals surface area contributed by atoms with E-state index >= 15 is 0 Å². The summed E-state index contributed by atoms with van der Waals surface area (Å²) in [5.41, 5.74) is 2.52. The number of hydrogen-bond acceptors (Lipinski definition) is 3. The van der Waals surface area contributed by atoms with Crippen molar-refractivity contribution in [2.45, 2.75) is 6.54 Å². The molecular weight excluding hydrogens is 243 g/mol. The molecule has 2 N–H and O–H groups in total. The summed E-state index contributed by atoms with van der Waals surface area (Å²) in [7, 11) is 3.92. The Kier molecular flexibility index (Phi) is 3.90. The number of rotatable bonds is 4. The topological polar surface area (TPSA) is 35.5 Å². The number of nitrogens with zero attached hydrogens (tertiary/aromatic N) is 1. The minimum absolute atomic E-state index is 0.0937. The van der Waals surface area contributed by atoms with Crippen molar-refractivity contribution in [2.75, 3.05) is 24.3 Å². The number of anilines is 2. The third-order valence-electron chi connectivity index (χ3n) is 2.90. The highest BCUT2D eigenvalue weighted by molar-refractivity contribution is 5.69. The predicted molar refractivity (Wildman–Crippen MR) is 76.2 cm³/mol. The molecule has 0 unspecified atom stereocenters. The smallest absolute Gasteiger partial charge is 0.123 e. The number of aromatic hydroxyl groups is 1. The minimum Gasteiger partial charge on any atom is -0.508 e. The second-order valence-corrected chi connectivity index (χ2v) is 4.54. The molecule has 0 aliphatic heterocycles.